The molecule has 3 aromatic rings. The summed E-state index contributed by atoms with van der Waals surface area (Å²) in [5.41, 5.74) is 2.51. The van der Waals surface area contributed by atoms with Crippen LogP contribution >= 0.6 is 11.8 Å². The Bertz CT molecular complexity index is 1050. The van der Waals surface area contributed by atoms with Gasteiger partial charge in [-0.05, 0) is 37.6 Å². The van der Waals surface area contributed by atoms with Crippen molar-refractivity contribution in [3.8, 4) is 0 Å². The van der Waals surface area contributed by atoms with Crippen LogP contribution in [0.2, 0.25) is 0 Å². The maximum atomic E-state index is 13.1. The highest BCUT2D eigenvalue weighted by Gasteiger charge is 2.46. The molecule has 27 heavy (non-hydrogen) atoms. The molecule has 6 nitrogen and oxygen atoms in total. The lowest BCUT2D eigenvalue weighted by Gasteiger charge is -2.31. The zero-order valence-electron chi connectivity index (χ0n) is 15.2. The van der Waals surface area contributed by atoms with Crippen molar-refractivity contribution in [2.45, 2.75) is 36.5 Å². The number of carbonyl (C=O) groups is 2. The van der Waals surface area contributed by atoms with Gasteiger partial charge in [0.1, 0.15) is 0 Å². The summed E-state index contributed by atoms with van der Waals surface area (Å²) < 4.78 is 0.708. The maximum absolute atomic E-state index is 13.1. The lowest BCUT2D eigenvalue weighted by atomic mass is 10.1. The Kier molecular flexibility index (Phi) is 4.39. The molecule has 4 rings (SSSR count). The molecule has 0 fully saturated rings. The second-order valence-electron chi connectivity index (χ2n) is 6.62. The smallest absolute Gasteiger partial charge is 0.252 e. The van der Waals surface area contributed by atoms with E-state index >= 15 is 0 Å². The third kappa shape index (κ3) is 2.98. The van der Waals surface area contributed by atoms with Gasteiger partial charge in [-0.3, -0.25) is 14.9 Å². The highest BCUT2D eigenvalue weighted by atomic mass is 32.2. The number of hydrogen-bond acceptors (Lipinski definition) is 4. The Morgan fingerprint density at radius 2 is 1.96 bits per heavy atom. The zero-order valence-corrected chi connectivity index (χ0v) is 16.0. The van der Waals surface area contributed by atoms with Crippen LogP contribution in [0.1, 0.15) is 20.3 Å². The van der Waals surface area contributed by atoms with Gasteiger partial charge in [-0.15, -0.1) is 0 Å². The van der Waals surface area contributed by atoms with Crippen LogP contribution in [-0.2, 0) is 16.1 Å². The minimum absolute atomic E-state index is 0.332. The topological polar surface area (TPSA) is 76.0 Å². The van der Waals surface area contributed by atoms with Crippen molar-refractivity contribution in [3.63, 3.8) is 0 Å². The number of imidazole rings is 1. The summed E-state index contributed by atoms with van der Waals surface area (Å²) in [6.45, 7) is 4.45. The first-order chi connectivity index (χ1) is 13.0. The molecule has 0 saturated heterocycles. The van der Waals surface area contributed by atoms with Gasteiger partial charge < -0.3 is 9.88 Å². The summed E-state index contributed by atoms with van der Waals surface area (Å²) in [5.74, 6) is -0.245. The number of nitrogens with zero attached hydrogens (tertiary/aromatic N) is 2. The van der Waals surface area contributed by atoms with Gasteiger partial charge >= 0.3 is 0 Å². The second-order valence-corrected chi connectivity index (χ2v) is 8.08. The van der Waals surface area contributed by atoms with Gasteiger partial charge in [0.05, 0.1) is 16.7 Å². The first kappa shape index (κ1) is 17.6. The van der Waals surface area contributed by atoms with Crippen LogP contribution in [-0.4, -0.2) is 26.1 Å². The van der Waals surface area contributed by atoms with Crippen LogP contribution in [0.3, 0.4) is 0 Å². The number of nitrogens with one attached hydrogen (secondary N) is 2. The van der Waals surface area contributed by atoms with E-state index in [-0.39, 0.29) is 11.8 Å². The third-order valence-corrected chi connectivity index (χ3v) is 6.00. The second kappa shape index (κ2) is 6.74. The Labute approximate surface area is 161 Å². The molecule has 1 unspecified atom stereocenters. The van der Waals surface area contributed by atoms with Crippen molar-refractivity contribution in [2.24, 2.45) is 0 Å². The lowest BCUT2D eigenvalue weighted by Crippen LogP contribution is -2.49. The normalized spacial score (nSPS) is 18.8. The molecule has 1 atom stereocenters. The Morgan fingerprint density at radius 3 is 2.78 bits per heavy atom. The van der Waals surface area contributed by atoms with Gasteiger partial charge in [-0.25, -0.2) is 4.98 Å². The van der Waals surface area contributed by atoms with Crippen LogP contribution < -0.4 is 10.6 Å². The monoisotopic (exact) mass is 380 g/mol. The highest BCUT2D eigenvalue weighted by Crippen LogP contribution is 2.42. The molecule has 138 valence electrons. The summed E-state index contributed by atoms with van der Waals surface area (Å²) in [5, 5.41) is 5.72. The van der Waals surface area contributed by atoms with Crippen molar-refractivity contribution in [1.29, 1.82) is 0 Å². The van der Waals surface area contributed by atoms with Gasteiger partial charge in [0.2, 0.25) is 11.9 Å². The molecule has 0 bridgehead atoms. The van der Waals surface area contributed by atoms with E-state index in [0.29, 0.717) is 5.95 Å². The van der Waals surface area contributed by atoms with E-state index in [1.54, 1.807) is 6.92 Å². The van der Waals surface area contributed by atoms with Crippen molar-refractivity contribution in [2.75, 3.05) is 10.6 Å². The van der Waals surface area contributed by atoms with Crippen LogP contribution in [0.5, 0.6) is 0 Å². The fourth-order valence-electron chi connectivity index (χ4n) is 3.16. The molecule has 0 spiro atoms. The van der Waals surface area contributed by atoms with E-state index in [0.717, 1.165) is 34.6 Å². The predicted octanol–water partition coefficient (Wildman–Crippen LogP) is 3.89. The van der Waals surface area contributed by atoms with E-state index in [9.17, 15) is 9.59 Å². The molecule has 2 N–H and O–H groups in total. The van der Waals surface area contributed by atoms with Crippen LogP contribution in [0.25, 0.3) is 11.0 Å². The van der Waals surface area contributed by atoms with E-state index in [1.807, 2.05) is 53.1 Å². The van der Waals surface area contributed by atoms with Crippen LogP contribution in [0.4, 0.5) is 11.6 Å². The molecule has 0 saturated carbocycles. The van der Waals surface area contributed by atoms with Gasteiger partial charge in [0.15, 0.2) is 4.75 Å². The quantitative estimate of drug-likeness (QED) is 0.674. The van der Waals surface area contributed by atoms with Crippen molar-refractivity contribution < 1.29 is 9.59 Å². The van der Waals surface area contributed by atoms with Gasteiger partial charge in [-0.1, -0.05) is 43.0 Å². The molecule has 1 aliphatic heterocycles. The predicted molar refractivity (Wildman–Crippen MR) is 108 cm³/mol. The van der Waals surface area contributed by atoms with Crippen molar-refractivity contribution >= 4 is 46.2 Å². The maximum Gasteiger partial charge on any atom is 0.252 e. The van der Waals surface area contributed by atoms with E-state index in [4.69, 9.17) is 0 Å². The number of hydrogen-bond donors (Lipinski definition) is 2. The van der Waals surface area contributed by atoms with E-state index in [1.165, 1.54) is 11.8 Å². The lowest BCUT2D eigenvalue weighted by molar-refractivity contribution is -0.126. The molecule has 2 aromatic carbocycles. The number of benzene rings is 2. The molecule has 2 amide bonds. The molecule has 0 aliphatic carbocycles. The molecule has 1 aromatic heterocycles. The number of thioether (sulfide) groups is 1. The van der Waals surface area contributed by atoms with E-state index < -0.39 is 4.75 Å². The fraction of sp³-hybridized carbons (Fsp3) is 0.250. The van der Waals surface area contributed by atoms with Gasteiger partial charge in [-0.2, -0.15) is 0 Å². The van der Waals surface area contributed by atoms with Crippen LogP contribution in [0.15, 0.2) is 53.4 Å². The Hall–Kier alpha value is -2.80. The summed E-state index contributed by atoms with van der Waals surface area (Å²) in [6, 6.07) is 15.2. The minimum Gasteiger partial charge on any atom is -0.323 e. The molecule has 0 radical (unpaired) electrons. The first-order valence-electron chi connectivity index (χ1n) is 8.89. The number of aromatic nitrogens is 2. The largest absolute Gasteiger partial charge is 0.323 e. The standard InChI is InChI=1S/C20H20N4O2S/c1-3-12-24-15-10-6-4-8-13(15)22-19(24)23-18(26)20(2)17(25)21-14-9-5-7-11-16(14)27-20/h4-11H,3,12H2,1-2H3,(H,21,25)(H,22,23,26). The zero-order chi connectivity index (χ0) is 19.0. The SMILES string of the molecule is CCCn1c(NC(=O)C2(C)Sc3ccccc3NC2=O)nc2ccccc21. The molecular formula is C20H20N4O2S. The first-order valence-corrected chi connectivity index (χ1v) is 9.71. The minimum atomic E-state index is -1.27. The Balaban J connectivity index is 1.67. The highest BCUT2D eigenvalue weighted by molar-refractivity contribution is 8.02. The molecule has 7 heteroatoms. The number of para-hydroxylation sites is 3. The number of carbonyl (C=O) groups excluding carboxylic acids is 2. The molecule has 1 aliphatic rings. The summed E-state index contributed by atoms with van der Waals surface area (Å²) in [4.78, 5) is 31.2. The average molecular weight is 380 g/mol. The molecule has 2 heterocycles. The summed E-state index contributed by atoms with van der Waals surface area (Å²) in [6.07, 6.45) is 0.906. The fourth-order valence-corrected chi connectivity index (χ4v) is 4.26. The number of amides is 2. The van der Waals surface area contributed by atoms with Gasteiger partial charge in [0, 0.05) is 11.4 Å². The Morgan fingerprint density at radius 1 is 1.22 bits per heavy atom. The summed E-state index contributed by atoms with van der Waals surface area (Å²) in [7, 11) is 0. The number of aryl methyl sites for hydroxylation is 1. The number of rotatable bonds is 4. The molecular weight excluding hydrogens is 360 g/mol. The number of anilines is 2. The third-order valence-electron chi connectivity index (χ3n) is 4.64. The summed E-state index contributed by atoms with van der Waals surface area (Å²) >= 11 is 1.26. The van der Waals surface area contributed by atoms with Gasteiger partial charge in [0.25, 0.3) is 5.91 Å². The van der Waals surface area contributed by atoms with E-state index in [2.05, 4.69) is 22.5 Å². The van der Waals surface area contributed by atoms with Crippen LogP contribution in [0, 0.1) is 0 Å². The van der Waals surface area contributed by atoms with Crippen molar-refractivity contribution in [1.82, 2.24) is 9.55 Å². The number of fused-ring (bicyclic) bond motifs is 2. The average Bonchev–Trinajstić information content (AvgIpc) is 3.00. The van der Waals surface area contributed by atoms with Crippen molar-refractivity contribution in [3.05, 3.63) is 48.5 Å².